The van der Waals surface area contributed by atoms with Crippen LogP contribution in [0.2, 0.25) is 5.02 Å². The van der Waals surface area contributed by atoms with Crippen molar-refractivity contribution in [3.05, 3.63) is 65.2 Å². The Labute approximate surface area is 170 Å². The number of hydrogen-bond donors (Lipinski definition) is 1. The lowest BCUT2D eigenvalue weighted by Gasteiger charge is -2.34. The van der Waals surface area contributed by atoms with E-state index in [1.807, 2.05) is 11.0 Å². The maximum atomic E-state index is 13.1. The van der Waals surface area contributed by atoms with Crippen LogP contribution in [0.15, 0.2) is 54.6 Å². The van der Waals surface area contributed by atoms with Crippen LogP contribution in [0.5, 0.6) is 0 Å². The van der Waals surface area contributed by atoms with Gasteiger partial charge in [0.1, 0.15) is 5.41 Å². The largest absolute Gasteiger partial charge is 0.342 e. The van der Waals surface area contributed by atoms with Crippen molar-refractivity contribution in [2.24, 2.45) is 11.3 Å². The number of likely N-dealkylation sites (tertiary alicyclic amines) is 1. The molecule has 0 radical (unpaired) electrons. The highest BCUT2D eigenvalue weighted by atomic mass is 35.5. The molecule has 2 aromatic carbocycles. The second-order valence-electron chi connectivity index (χ2n) is 7.97. The molecule has 2 aliphatic rings. The summed E-state index contributed by atoms with van der Waals surface area (Å²) >= 11 is 5.99. The summed E-state index contributed by atoms with van der Waals surface area (Å²) in [5.74, 6) is 0.387. The summed E-state index contributed by atoms with van der Waals surface area (Å²) in [4.78, 5) is 27.8. The summed E-state index contributed by atoms with van der Waals surface area (Å²) in [5.41, 5.74) is 1.11. The Hall–Kier alpha value is -2.33. The van der Waals surface area contributed by atoms with Crippen LogP contribution in [0, 0.1) is 11.3 Å². The number of anilines is 1. The fourth-order valence-corrected chi connectivity index (χ4v) is 4.26. The van der Waals surface area contributed by atoms with Crippen LogP contribution in [0.4, 0.5) is 5.69 Å². The highest BCUT2D eigenvalue weighted by molar-refractivity contribution is 6.31. The van der Waals surface area contributed by atoms with Gasteiger partial charge in [-0.3, -0.25) is 9.59 Å². The molecule has 1 aliphatic heterocycles. The summed E-state index contributed by atoms with van der Waals surface area (Å²) in [6.07, 6.45) is 4.30. The van der Waals surface area contributed by atoms with Crippen molar-refractivity contribution < 1.29 is 9.59 Å². The second kappa shape index (κ2) is 7.96. The van der Waals surface area contributed by atoms with Crippen molar-refractivity contribution in [2.75, 3.05) is 18.4 Å². The van der Waals surface area contributed by atoms with E-state index in [4.69, 9.17) is 11.6 Å². The molecule has 1 N–H and O–H groups in total. The van der Waals surface area contributed by atoms with Crippen LogP contribution in [-0.2, 0) is 16.0 Å². The quantitative estimate of drug-likeness (QED) is 0.754. The molecular formula is C23H25ClN2O2. The first kappa shape index (κ1) is 19.0. The molecule has 4 nitrogen and oxygen atoms in total. The minimum Gasteiger partial charge on any atom is -0.342 e. The zero-order valence-corrected chi connectivity index (χ0v) is 16.6. The van der Waals surface area contributed by atoms with E-state index in [0.717, 1.165) is 32.4 Å². The number of hydrogen-bond acceptors (Lipinski definition) is 2. The topological polar surface area (TPSA) is 49.4 Å². The summed E-state index contributed by atoms with van der Waals surface area (Å²) in [6.45, 7) is 1.48. The van der Waals surface area contributed by atoms with Crippen LogP contribution in [-0.4, -0.2) is 29.8 Å². The maximum Gasteiger partial charge on any atom is 0.240 e. The first-order valence-corrected chi connectivity index (χ1v) is 10.3. The Bertz CT molecular complexity index is 856. The van der Waals surface area contributed by atoms with E-state index < -0.39 is 5.41 Å². The number of benzene rings is 2. The van der Waals surface area contributed by atoms with Gasteiger partial charge in [-0.1, -0.05) is 48.0 Å². The fourth-order valence-electron chi connectivity index (χ4n) is 4.07. The predicted octanol–water partition coefficient (Wildman–Crippen LogP) is 4.54. The van der Waals surface area contributed by atoms with Crippen molar-refractivity contribution in [2.45, 2.75) is 32.1 Å². The summed E-state index contributed by atoms with van der Waals surface area (Å²) < 4.78 is 0. The molecule has 1 heterocycles. The van der Waals surface area contributed by atoms with Crippen LogP contribution in [0.3, 0.4) is 0 Å². The molecule has 1 saturated carbocycles. The van der Waals surface area contributed by atoms with E-state index in [2.05, 4.69) is 29.6 Å². The maximum absolute atomic E-state index is 13.1. The molecule has 0 spiro atoms. The molecule has 28 heavy (non-hydrogen) atoms. The normalized spacial score (nSPS) is 18.5. The van der Waals surface area contributed by atoms with Gasteiger partial charge in [-0.05, 0) is 61.8 Å². The van der Waals surface area contributed by atoms with Gasteiger partial charge < -0.3 is 10.2 Å². The Morgan fingerprint density at radius 1 is 1.04 bits per heavy atom. The highest BCUT2D eigenvalue weighted by Crippen LogP contribution is 2.48. The van der Waals surface area contributed by atoms with E-state index >= 15 is 0 Å². The van der Waals surface area contributed by atoms with E-state index in [-0.39, 0.29) is 11.8 Å². The number of carbonyl (C=O) groups excluding carboxylic acids is 2. The van der Waals surface area contributed by atoms with Crippen molar-refractivity contribution in [3.63, 3.8) is 0 Å². The molecule has 5 heteroatoms. The summed E-state index contributed by atoms with van der Waals surface area (Å²) in [7, 11) is 0. The average Bonchev–Trinajstić information content (AvgIpc) is 3.51. The zero-order valence-electron chi connectivity index (χ0n) is 15.9. The van der Waals surface area contributed by atoms with E-state index in [1.54, 1.807) is 24.3 Å². The molecule has 0 atom stereocenters. The number of nitrogens with zero attached hydrogens (tertiary/aromatic N) is 1. The van der Waals surface area contributed by atoms with Gasteiger partial charge >= 0.3 is 0 Å². The molecule has 2 aromatic rings. The van der Waals surface area contributed by atoms with Gasteiger partial charge in [0.2, 0.25) is 11.8 Å². The number of amides is 2. The minimum absolute atomic E-state index is 0.00908. The second-order valence-corrected chi connectivity index (χ2v) is 8.41. The minimum atomic E-state index is -0.880. The Kier molecular flexibility index (Phi) is 5.40. The number of carbonyl (C=O) groups is 2. The average molecular weight is 397 g/mol. The van der Waals surface area contributed by atoms with Crippen molar-refractivity contribution >= 4 is 29.1 Å². The molecule has 0 aromatic heterocycles. The summed E-state index contributed by atoms with van der Waals surface area (Å²) in [6, 6.07) is 17.6. The van der Waals surface area contributed by atoms with Gasteiger partial charge in [0, 0.05) is 23.8 Å². The van der Waals surface area contributed by atoms with Crippen molar-refractivity contribution in [1.82, 2.24) is 4.90 Å². The predicted molar refractivity (Wildman–Crippen MR) is 111 cm³/mol. The molecular weight excluding hydrogens is 372 g/mol. The number of rotatable bonds is 5. The molecule has 1 aliphatic carbocycles. The van der Waals surface area contributed by atoms with Gasteiger partial charge in [0.05, 0.1) is 0 Å². The molecule has 0 bridgehead atoms. The van der Waals surface area contributed by atoms with Gasteiger partial charge in [0.15, 0.2) is 0 Å². The fraction of sp³-hybridized carbons (Fsp3) is 0.391. The molecule has 2 fully saturated rings. The lowest BCUT2D eigenvalue weighted by molar-refractivity contribution is -0.143. The van der Waals surface area contributed by atoms with E-state index in [0.29, 0.717) is 29.5 Å². The third-order valence-electron chi connectivity index (χ3n) is 5.95. The van der Waals surface area contributed by atoms with E-state index in [1.165, 1.54) is 5.56 Å². The van der Waals surface area contributed by atoms with Crippen molar-refractivity contribution in [1.29, 1.82) is 0 Å². The van der Waals surface area contributed by atoms with Crippen LogP contribution in [0.25, 0.3) is 0 Å². The van der Waals surface area contributed by atoms with E-state index in [9.17, 15) is 9.59 Å². The first-order valence-electron chi connectivity index (χ1n) is 9.97. The highest BCUT2D eigenvalue weighted by Gasteiger charge is 2.58. The lowest BCUT2D eigenvalue weighted by atomic mass is 9.89. The third-order valence-corrected chi connectivity index (χ3v) is 6.18. The van der Waals surface area contributed by atoms with Crippen LogP contribution >= 0.6 is 11.6 Å². The standard InChI is InChI=1S/C23H25ClN2O2/c24-19-7-4-8-20(16-19)25-21(27)23(11-12-23)22(28)26-13-9-18(10-14-26)15-17-5-2-1-3-6-17/h1-8,16,18H,9-15H2,(H,25,27). The smallest absolute Gasteiger partial charge is 0.240 e. The first-order chi connectivity index (χ1) is 13.6. The summed E-state index contributed by atoms with van der Waals surface area (Å²) in [5, 5.41) is 3.44. The van der Waals surface area contributed by atoms with Gasteiger partial charge in [-0.25, -0.2) is 0 Å². The van der Waals surface area contributed by atoms with Gasteiger partial charge in [-0.15, -0.1) is 0 Å². The molecule has 4 rings (SSSR count). The number of halogens is 1. The lowest BCUT2D eigenvalue weighted by Crippen LogP contribution is -2.46. The van der Waals surface area contributed by atoms with Crippen LogP contribution < -0.4 is 5.32 Å². The molecule has 0 unspecified atom stereocenters. The Morgan fingerprint density at radius 2 is 1.75 bits per heavy atom. The van der Waals surface area contributed by atoms with Gasteiger partial charge in [-0.2, -0.15) is 0 Å². The third kappa shape index (κ3) is 4.07. The van der Waals surface area contributed by atoms with Crippen LogP contribution in [0.1, 0.15) is 31.2 Å². The van der Waals surface area contributed by atoms with Gasteiger partial charge in [0.25, 0.3) is 0 Å². The number of nitrogens with one attached hydrogen (secondary N) is 1. The van der Waals surface area contributed by atoms with Crippen molar-refractivity contribution in [3.8, 4) is 0 Å². The molecule has 1 saturated heterocycles. The molecule has 146 valence electrons. The zero-order chi connectivity index (χ0) is 19.6. The Morgan fingerprint density at radius 3 is 2.39 bits per heavy atom. The molecule has 2 amide bonds. The number of piperidine rings is 1. The SMILES string of the molecule is O=C(Nc1cccc(Cl)c1)C1(C(=O)N2CCC(Cc3ccccc3)CC2)CC1. The monoisotopic (exact) mass is 396 g/mol. The Balaban J connectivity index is 1.33.